The first-order chi connectivity index (χ1) is 9.90. The lowest BCUT2D eigenvalue weighted by Gasteiger charge is -2.14. The normalized spacial score (nSPS) is 12.7. The molecule has 1 atom stereocenters. The third-order valence-electron chi connectivity index (χ3n) is 3.19. The summed E-state index contributed by atoms with van der Waals surface area (Å²) in [4.78, 5) is 0. The second kappa shape index (κ2) is 8.34. The maximum Gasteiger partial charge on any atom is 0.101 e. The largest absolute Gasteiger partial charge is 0.369 e. The number of ether oxygens (including phenoxy) is 1. The summed E-state index contributed by atoms with van der Waals surface area (Å²) in [6, 6.07) is 20.7. The van der Waals surface area contributed by atoms with Crippen molar-refractivity contribution in [3.05, 3.63) is 77.9 Å². The number of benzene rings is 2. The van der Waals surface area contributed by atoms with E-state index in [4.69, 9.17) is 4.74 Å². The maximum atomic E-state index is 6.00. The van der Waals surface area contributed by atoms with Crippen molar-refractivity contribution in [3.8, 4) is 0 Å². The van der Waals surface area contributed by atoms with Crippen LogP contribution in [0.4, 0.5) is 0 Å². The molecule has 0 aliphatic carbocycles. The second-order valence-electron chi connectivity index (χ2n) is 4.83. The van der Waals surface area contributed by atoms with Gasteiger partial charge in [-0.15, -0.1) is 0 Å². The average Bonchev–Trinajstić information content (AvgIpc) is 2.52. The van der Waals surface area contributed by atoms with Crippen LogP contribution in [-0.4, -0.2) is 6.61 Å². The van der Waals surface area contributed by atoms with E-state index in [1.165, 1.54) is 11.1 Å². The molecule has 0 spiro atoms. The van der Waals surface area contributed by atoms with Crippen molar-refractivity contribution in [2.75, 3.05) is 6.61 Å². The van der Waals surface area contributed by atoms with Crippen LogP contribution in [0.15, 0.2) is 66.7 Å². The molecule has 0 amide bonds. The summed E-state index contributed by atoms with van der Waals surface area (Å²) < 4.78 is 6.00. The van der Waals surface area contributed by atoms with E-state index in [2.05, 4.69) is 67.6 Å². The Morgan fingerprint density at radius 3 is 2.25 bits per heavy atom. The molecule has 0 aromatic heterocycles. The highest BCUT2D eigenvalue weighted by molar-refractivity contribution is 5.50. The Kier molecular flexibility index (Phi) is 6.07. The van der Waals surface area contributed by atoms with E-state index in [0.717, 1.165) is 19.4 Å². The Labute approximate surface area is 121 Å². The topological polar surface area (TPSA) is 9.23 Å². The predicted molar refractivity (Wildman–Crippen MR) is 85.5 cm³/mol. The van der Waals surface area contributed by atoms with E-state index in [-0.39, 0.29) is 6.10 Å². The SMILES string of the molecule is CCCCO[C@H](/C=C/c1ccccc1)c1ccccc1. The molecule has 0 saturated carbocycles. The summed E-state index contributed by atoms with van der Waals surface area (Å²) >= 11 is 0. The van der Waals surface area contributed by atoms with Gasteiger partial charge in [-0.3, -0.25) is 0 Å². The lowest BCUT2D eigenvalue weighted by atomic mass is 10.1. The van der Waals surface area contributed by atoms with E-state index in [9.17, 15) is 0 Å². The summed E-state index contributed by atoms with van der Waals surface area (Å²) in [5.41, 5.74) is 2.41. The molecule has 0 saturated heterocycles. The van der Waals surface area contributed by atoms with Crippen LogP contribution in [0, 0.1) is 0 Å². The van der Waals surface area contributed by atoms with E-state index in [1.54, 1.807) is 0 Å². The molecular formula is C19H22O. The van der Waals surface area contributed by atoms with Gasteiger partial charge >= 0.3 is 0 Å². The van der Waals surface area contributed by atoms with Gasteiger partial charge in [-0.05, 0) is 17.5 Å². The molecule has 0 bridgehead atoms. The Bertz CT molecular complexity index is 502. The van der Waals surface area contributed by atoms with E-state index < -0.39 is 0 Å². The zero-order valence-corrected chi connectivity index (χ0v) is 12.0. The van der Waals surface area contributed by atoms with Crippen molar-refractivity contribution < 1.29 is 4.74 Å². The van der Waals surface area contributed by atoms with Gasteiger partial charge in [-0.1, -0.05) is 86.2 Å². The molecular weight excluding hydrogens is 244 g/mol. The lowest BCUT2D eigenvalue weighted by molar-refractivity contribution is 0.0835. The Morgan fingerprint density at radius 1 is 0.950 bits per heavy atom. The molecule has 20 heavy (non-hydrogen) atoms. The number of unbranched alkanes of at least 4 members (excludes halogenated alkanes) is 1. The number of hydrogen-bond donors (Lipinski definition) is 0. The van der Waals surface area contributed by atoms with Crippen LogP contribution < -0.4 is 0 Å². The van der Waals surface area contributed by atoms with Gasteiger partial charge in [-0.2, -0.15) is 0 Å². The second-order valence-corrected chi connectivity index (χ2v) is 4.83. The molecule has 0 N–H and O–H groups in total. The van der Waals surface area contributed by atoms with Gasteiger partial charge in [-0.25, -0.2) is 0 Å². The van der Waals surface area contributed by atoms with Crippen molar-refractivity contribution in [1.29, 1.82) is 0 Å². The molecule has 1 nitrogen and oxygen atoms in total. The Morgan fingerprint density at radius 2 is 1.60 bits per heavy atom. The maximum absolute atomic E-state index is 6.00. The van der Waals surface area contributed by atoms with Gasteiger partial charge in [0.1, 0.15) is 6.10 Å². The molecule has 2 rings (SSSR count). The first-order valence-electron chi connectivity index (χ1n) is 7.30. The quantitative estimate of drug-likeness (QED) is 0.621. The molecule has 0 aliphatic heterocycles. The highest BCUT2D eigenvalue weighted by Gasteiger charge is 2.07. The standard InChI is InChI=1S/C19H22O/c1-2-3-16-20-19(18-12-8-5-9-13-18)15-14-17-10-6-4-7-11-17/h4-15,19H,2-3,16H2,1H3/b15-14+/t19-/m1/s1. The zero-order chi connectivity index (χ0) is 14.0. The van der Waals surface area contributed by atoms with Crippen LogP contribution in [-0.2, 0) is 4.74 Å². The summed E-state index contributed by atoms with van der Waals surface area (Å²) in [5, 5.41) is 0. The third kappa shape index (κ3) is 4.67. The highest BCUT2D eigenvalue weighted by Crippen LogP contribution is 2.20. The van der Waals surface area contributed by atoms with Crippen molar-refractivity contribution in [2.45, 2.75) is 25.9 Å². The fourth-order valence-electron chi connectivity index (χ4n) is 2.02. The predicted octanol–water partition coefficient (Wildman–Crippen LogP) is 5.26. The van der Waals surface area contributed by atoms with Gasteiger partial charge in [0, 0.05) is 6.61 Å². The smallest absolute Gasteiger partial charge is 0.101 e. The molecule has 2 aromatic rings. The molecule has 0 aliphatic rings. The molecule has 0 radical (unpaired) electrons. The number of rotatable bonds is 7. The van der Waals surface area contributed by atoms with Gasteiger partial charge in [0.15, 0.2) is 0 Å². The van der Waals surface area contributed by atoms with Crippen molar-refractivity contribution in [1.82, 2.24) is 0 Å². The number of hydrogen-bond acceptors (Lipinski definition) is 1. The molecule has 0 heterocycles. The minimum absolute atomic E-state index is 0.0305. The fourth-order valence-corrected chi connectivity index (χ4v) is 2.02. The summed E-state index contributed by atoms with van der Waals surface area (Å²) in [7, 11) is 0. The zero-order valence-electron chi connectivity index (χ0n) is 12.0. The van der Waals surface area contributed by atoms with E-state index >= 15 is 0 Å². The summed E-state index contributed by atoms with van der Waals surface area (Å²) in [6.45, 7) is 2.98. The minimum Gasteiger partial charge on any atom is -0.369 e. The molecule has 0 fully saturated rings. The van der Waals surface area contributed by atoms with Crippen LogP contribution in [0.5, 0.6) is 0 Å². The fraction of sp³-hybridized carbons (Fsp3) is 0.263. The molecule has 1 heteroatoms. The first kappa shape index (κ1) is 14.5. The van der Waals surface area contributed by atoms with E-state index in [1.807, 2.05) is 12.1 Å². The molecule has 104 valence electrons. The Balaban J connectivity index is 2.08. The van der Waals surface area contributed by atoms with Gasteiger partial charge in [0.05, 0.1) is 0 Å². The molecule has 0 unspecified atom stereocenters. The van der Waals surface area contributed by atoms with Gasteiger partial charge < -0.3 is 4.74 Å². The van der Waals surface area contributed by atoms with E-state index in [0.29, 0.717) is 0 Å². The van der Waals surface area contributed by atoms with Gasteiger partial charge in [0.2, 0.25) is 0 Å². The van der Waals surface area contributed by atoms with Crippen LogP contribution in [0.2, 0.25) is 0 Å². The van der Waals surface area contributed by atoms with Crippen molar-refractivity contribution in [3.63, 3.8) is 0 Å². The molecule has 2 aromatic carbocycles. The van der Waals surface area contributed by atoms with Crippen molar-refractivity contribution in [2.24, 2.45) is 0 Å². The monoisotopic (exact) mass is 266 g/mol. The van der Waals surface area contributed by atoms with Gasteiger partial charge in [0.25, 0.3) is 0 Å². The van der Waals surface area contributed by atoms with Crippen LogP contribution >= 0.6 is 0 Å². The minimum atomic E-state index is 0.0305. The summed E-state index contributed by atoms with van der Waals surface area (Å²) in [6.07, 6.45) is 6.55. The first-order valence-corrected chi connectivity index (χ1v) is 7.30. The van der Waals surface area contributed by atoms with Crippen molar-refractivity contribution >= 4 is 6.08 Å². The Hall–Kier alpha value is -1.86. The van der Waals surface area contributed by atoms with Crippen LogP contribution in [0.25, 0.3) is 6.08 Å². The average molecular weight is 266 g/mol. The summed E-state index contributed by atoms with van der Waals surface area (Å²) in [5.74, 6) is 0. The highest BCUT2D eigenvalue weighted by atomic mass is 16.5. The van der Waals surface area contributed by atoms with Crippen LogP contribution in [0.1, 0.15) is 37.0 Å². The third-order valence-corrected chi connectivity index (χ3v) is 3.19. The van der Waals surface area contributed by atoms with Crippen LogP contribution in [0.3, 0.4) is 0 Å². The lowest BCUT2D eigenvalue weighted by Crippen LogP contribution is -2.02.